The molecular formula is C24H24N2O4. The van der Waals surface area contributed by atoms with E-state index in [4.69, 9.17) is 9.47 Å². The van der Waals surface area contributed by atoms with E-state index in [2.05, 4.69) is 0 Å². The molecule has 0 N–H and O–H groups in total. The van der Waals surface area contributed by atoms with Crippen LogP contribution in [0.2, 0.25) is 0 Å². The first-order valence-corrected chi connectivity index (χ1v) is 9.97. The van der Waals surface area contributed by atoms with E-state index in [9.17, 15) is 9.59 Å². The highest BCUT2D eigenvalue weighted by Crippen LogP contribution is 2.29. The molecule has 0 spiro atoms. The van der Waals surface area contributed by atoms with Crippen LogP contribution in [-0.4, -0.2) is 41.1 Å². The first-order chi connectivity index (χ1) is 14.6. The molecule has 1 saturated carbocycles. The molecule has 1 aliphatic carbocycles. The first kappa shape index (κ1) is 19.8. The van der Waals surface area contributed by atoms with E-state index in [0.717, 1.165) is 29.8 Å². The summed E-state index contributed by atoms with van der Waals surface area (Å²) in [6, 6.07) is 18.8. The van der Waals surface area contributed by atoms with Crippen LogP contribution in [0.1, 0.15) is 28.8 Å². The third-order valence-corrected chi connectivity index (χ3v) is 5.13. The minimum absolute atomic E-state index is 0.178. The Morgan fingerprint density at radius 2 is 1.77 bits per heavy atom. The maximum atomic E-state index is 12.8. The van der Waals surface area contributed by atoms with Gasteiger partial charge in [-0.2, -0.15) is 0 Å². The summed E-state index contributed by atoms with van der Waals surface area (Å²) in [5, 5.41) is 0. The molecule has 0 bridgehead atoms. The Labute approximate surface area is 175 Å². The van der Waals surface area contributed by atoms with Gasteiger partial charge in [0.05, 0.1) is 12.7 Å². The molecule has 3 aromatic rings. The number of esters is 1. The predicted molar refractivity (Wildman–Crippen MR) is 113 cm³/mol. The van der Waals surface area contributed by atoms with Crippen LogP contribution in [0.5, 0.6) is 5.75 Å². The van der Waals surface area contributed by atoms with Crippen molar-refractivity contribution in [3.8, 4) is 11.4 Å². The van der Waals surface area contributed by atoms with Crippen LogP contribution in [0, 0.1) is 0 Å². The summed E-state index contributed by atoms with van der Waals surface area (Å²) in [6.45, 7) is 0.230. The van der Waals surface area contributed by atoms with Gasteiger partial charge in [-0.3, -0.25) is 4.79 Å². The van der Waals surface area contributed by atoms with E-state index in [0.29, 0.717) is 12.1 Å². The number of amides is 1. The predicted octanol–water partition coefficient (Wildman–Crippen LogP) is 3.83. The topological polar surface area (TPSA) is 60.8 Å². The molecule has 0 aliphatic heterocycles. The number of hydrogen-bond acceptors (Lipinski definition) is 4. The third kappa shape index (κ3) is 4.71. The number of benzene rings is 2. The zero-order valence-corrected chi connectivity index (χ0v) is 16.9. The van der Waals surface area contributed by atoms with Gasteiger partial charge < -0.3 is 18.9 Å². The summed E-state index contributed by atoms with van der Waals surface area (Å²) >= 11 is 0. The van der Waals surface area contributed by atoms with Gasteiger partial charge in [-0.05, 0) is 60.9 Å². The van der Waals surface area contributed by atoms with Crippen molar-refractivity contribution >= 4 is 11.9 Å². The fourth-order valence-electron chi connectivity index (χ4n) is 3.33. The Bertz CT molecular complexity index is 1010. The molecule has 0 atom stereocenters. The molecule has 0 unspecified atom stereocenters. The molecule has 4 rings (SSSR count). The van der Waals surface area contributed by atoms with Gasteiger partial charge in [0.15, 0.2) is 6.61 Å². The van der Waals surface area contributed by atoms with E-state index in [1.54, 1.807) is 30.2 Å². The smallest absolute Gasteiger partial charge is 0.338 e. The minimum Gasteiger partial charge on any atom is -0.497 e. The summed E-state index contributed by atoms with van der Waals surface area (Å²) in [7, 11) is 1.62. The molecule has 1 fully saturated rings. The molecule has 1 amide bonds. The lowest BCUT2D eigenvalue weighted by Crippen LogP contribution is -2.36. The summed E-state index contributed by atoms with van der Waals surface area (Å²) in [4.78, 5) is 27.1. The van der Waals surface area contributed by atoms with E-state index >= 15 is 0 Å². The largest absolute Gasteiger partial charge is 0.497 e. The number of carbonyl (C=O) groups excluding carboxylic acids is 2. The number of nitrogens with zero attached hydrogens (tertiary/aromatic N) is 2. The molecule has 1 aromatic heterocycles. The SMILES string of the molecule is COc1ccc(CN(C(=O)COC(=O)c2cccc(-n3cccc3)c2)C2CC2)cc1. The lowest BCUT2D eigenvalue weighted by Gasteiger charge is -2.22. The van der Waals surface area contributed by atoms with Crippen molar-refractivity contribution in [3.63, 3.8) is 0 Å². The average Bonchev–Trinajstić information content (AvgIpc) is 3.48. The second-order valence-corrected chi connectivity index (χ2v) is 7.32. The van der Waals surface area contributed by atoms with Gasteiger partial charge in [0.1, 0.15) is 5.75 Å². The van der Waals surface area contributed by atoms with E-state index in [1.165, 1.54) is 0 Å². The van der Waals surface area contributed by atoms with Crippen molar-refractivity contribution in [2.45, 2.75) is 25.4 Å². The Kier molecular flexibility index (Phi) is 5.84. The molecule has 0 radical (unpaired) electrons. The highest BCUT2D eigenvalue weighted by atomic mass is 16.5. The highest BCUT2D eigenvalue weighted by molar-refractivity contribution is 5.92. The van der Waals surface area contributed by atoms with Gasteiger partial charge >= 0.3 is 5.97 Å². The van der Waals surface area contributed by atoms with Crippen LogP contribution in [-0.2, 0) is 16.1 Å². The number of hydrogen-bond donors (Lipinski definition) is 0. The highest BCUT2D eigenvalue weighted by Gasteiger charge is 2.33. The van der Waals surface area contributed by atoms with Crippen molar-refractivity contribution < 1.29 is 19.1 Å². The Balaban J connectivity index is 1.37. The lowest BCUT2D eigenvalue weighted by atomic mass is 10.2. The molecule has 6 nitrogen and oxygen atoms in total. The summed E-state index contributed by atoms with van der Waals surface area (Å²) in [6.07, 6.45) is 5.77. The Hall–Kier alpha value is -3.54. The van der Waals surface area contributed by atoms with Crippen molar-refractivity contribution in [1.82, 2.24) is 9.47 Å². The Morgan fingerprint density at radius 3 is 2.43 bits per heavy atom. The Morgan fingerprint density at radius 1 is 1.03 bits per heavy atom. The maximum Gasteiger partial charge on any atom is 0.338 e. The number of ether oxygens (including phenoxy) is 2. The molecule has 6 heteroatoms. The molecular weight excluding hydrogens is 380 g/mol. The van der Waals surface area contributed by atoms with Gasteiger partial charge in [0, 0.05) is 30.7 Å². The monoisotopic (exact) mass is 404 g/mol. The van der Waals surface area contributed by atoms with Crippen LogP contribution < -0.4 is 4.74 Å². The zero-order chi connectivity index (χ0) is 20.9. The maximum absolute atomic E-state index is 12.8. The molecule has 0 saturated heterocycles. The standard InChI is InChI=1S/C24H24N2O4/c1-29-22-11-7-18(8-12-22)16-26(20-9-10-20)23(27)17-30-24(28)19-5-4-6-21(15-19)25-13-2-3-14-25/h2-8,11-15,20H,9-10,16-17H2,1H3. The number of rotatable bonds is 8. The van der Waals surface area contributed by atoms with Crippen LogP contribution in [0.25, 0.3) is 5.69 Å². The second-order valence-electron chi connectivity index (χ2n) is 7.32. The van der Waals surface area contributed by atoms with Crippen molar-refractivity contribution in [2.75, 3.05) is 13.7 Å². The second kappa shape index (κ2) is 8.86. The van der Waals surface area contributed by atoms with Crippen molar-refractivity contribution in [3.05, 3.63) is 84.2 Å². The summed E-state index contributed by atoms with van der Waals surface area (Å²) in [5.41, 5.74) is 2.30. The third-order valence-electron chi connectivity index (χ3n) is 5.13. The molecule has 2 aromatic carbocycles. The van der Waals surface area contributed by atoms with Crippen molar-refractivity contribution in [1.29, 1.82) is 0 Å². The van der Waals surface area contributed by atoms with Gasteiger partial charge in [-0.1, -0.05) is 18.2 Å². The summed E-state index contributed by atoms with van der Waals surface area (Å²) < 4.78 is 12.4. The normalized spacial score (nSPS) is 13.0. The molecule has 30 heavy (non-hydrogen) atoms. The van der Waals surface area contributed by atoms with Crippen LogP contribution >= 0.6 is 0 Å². The average molecular weight is 404 g/mol. The van der Waals surface area contributed by atoms with Gasteiger partial charge in [0.2, 0.25) is 0 Å². The lowest BCUT2D eigenvalue weighted by molar-refractivity contribution is -0.135. The van der Waals surface area contributed by atoms with E-state index in [-0.39, 0.29) is 18.6 Å². The van der Waals surface area contributed by atoms with Crippen LogP contribution in [0.3, 0.4) is 0 Å². The van der Waals surface area contributed by atoms with Gasteiger partial charge in [-0.15, -0.1) is 0 Å². The molecule has 1 heterocycles. The van der Waals surface area contributed by atoms with Crippen LogP contribution in [0.15, 0.2) is 73.1 Å². The number of carbonyl (C=O) groups is 2. The summed E-state index contributed by atoms with van der Waals surface area (Å²) in [5.74, 6) is 0.0971. The van der Waals surface area contributed by atoms with E-state index < -0.39 is 5.97 Å². The van der Waals surface area contributed by atoms with Gasteiger partial charge in [-0.25, -0.2) is 4.79 Å². The quantitative estimate of drug-likeness (QED) is 0.536. The van der Waals surface area contributed by atoms with E-state index in [1.807, 2.05) is 59.4 Å². The van der Waals surface area contributed by atoms with Crippen LogP contribution in [0.4, 0.5) is 0 Å². The number of methoxy groups -OCH3 is 1. The number of aromatic nitrogens is 1. The fraction of sp³-hybridized carbons (Fsp3) is 0.250. The zero-order valence-electron chi connectivity index (χ0n) is 16.9. The molecule has 1 aliphatic rings. The van der Waals surface area contributed by atoms with Crippen molar-refractivity contribution in [2.24, 2.45) is 0 Å². The molecule has 154 valence electrons. The first-order valence-electron chi connectivity index (χ1n) is 9.97. The van der Waals surface area contributed by atoms with Gasteiger partial charge in [0.25, 0.3) is 5.91 Å². The fourth-order valence-corrected chi connectivity index (χ4v) is 3.33. The minimum atomic E-state index is -0.502.